The Balaban J connectivity index is 1.67. The Labute approximate surface area is 110 Å². The van der Waals surface area contributed by atoms with Crippen LogP contribution < -0.4 is 0 Å². The molecule has 3 heteroatoms. The van der Waals surface area contributed by atoms with E-state index in [-0.39, 0.29) is 0 Å². The van der Waals surface area contributed by atoms with E-state index in [1.165, 1.54) is 31.7 Å². The molecule has 0 bridgehead atoms. The fourth-order valence-corrected chi connectivity index (χ4v) is 2.35. The molecule has 0 atom stereocenters. The van der Waals surface area contributed by atoms with Gasteiger partial charge in [0.15, 0.2) is 0 Å². The van der Waals surface area contributed by atoms with Crippen molar-refractivity contribution in [2.24, 2.45) is 0 Å². The lowest BCUT2D eigenvalue weighted by molar-refractivity contribution is 0.0786. The fourth-order valence-electron chi connectivity index (χ4n) is 2.35. The topological polar surface area (TPSA) is 15.7 Å². The first-order valence-electron chi connectivity index (χ1n) is 6.95. The van der Waals surface area contributed by atoms with Crippen molar-refractivity contribution < 1.29 is 4.74 Å². The maximum absolute atomic E-state index is 5.40. The van der Waals surface area contributed by atoms with Crippen LogP contribution in [-0.4, -0.2) is 55.7 Å². The number of piperazine rings is 1. The minimum absolute atomic E-state index is 0.827. The molecule has 0 saturated carbocycles. The zero-order chi connectivity index (χ0) is 12.6. The monoisotopic (exact) mass is 248 g/mol. The molecule has 3 nitrogen and oxygen atoms in total. The molecule has 0 aliphatic carbocycles. The quantitative estimate of drug-likeness (QED) is 0.715. The summed E-state index contributed by atoms with van der Waals surface area (Å²) in [7, 11) is 0. The van der Waals surface area contributed by atoms with Gasteiger partial charge in [-0.2, -0.15) is 0 Å². The van der Waals surface area contributed by atoms with Crippen LogP contribution in [0.1, 0.15) is 12.5 Å². The van der Waals surface area contributed by atoms with Crippen molar-refractivity contribution in [3.8, 4) is 0 Å². The summed E-state index contributed by atoms with van der Waals surface area (Å²) >= 11 is 0. The highest BCUT2D eigenvalue weighted by molar-refractivity contribution is 5.14. The van der Waals surface area contributed by atoms with Crippen LogP contribution in [0.2, 0.25) is 0 Å². The largest absolute Gasteiger partial charge is 0.380 e. The number of nitrogens with zero attached hydrogens (tertiary/aromatic N) is 2. The number of hydrogen-bond donors (Lipinski definition) is 0. The number of hydrogen-bond acceptors (Lipinski definition) is 3. The van der Waals surface area contributed by atoms with E-state index in [2.05, 4.69) is 47.1 Å². The van der Waals surface area contributed by atoms with Crippen LogP contribution in [0.15, 0.2) is 30.3 Å². The van der Waals surface area contributed by atoms with Gasteiger partial charge < -0.3 is 4.74 Å². The zero-order valence-electron chi connectivity index (χ0n) is 11.3. The Kier molecular flexibility index (Phi) is 5.65. The molecule has 1 saturated heterocycles. The summed E-state index contributed by atoms with van der Waals surface area (Å²) < 4.78 is 5.40. The Hall–Kier alpha value is -0.900. The lowest BCUT2D eigenvalue weighted by Gasteiger charge is -2.34. The molecule has 0 spiro atoms. The molecular formula is C15H24N2O. The van der Waals surface area contributed by atoms with Crippen molar-refractivity contribution >= 4 is 0 Å². The summed E-state index contributed by atoms with van der Waals surface area (Å²) in [6.45, 7) is 10.6. The average molecular weight is 248 g/mol. The maximum atomic E-state index is 5.40. The predicted molar refractivity (Wildman–Crippen MR) is 74.7 cm³/mol. The molecule has 1 aliphatic rings. The Bertz CT molecular complexity index is 321. The second kappa shape index (κ2) is 7.52. The van der Waals surface area contributed by atoms with E-state index < -0.39 is 0 Å². The lowest BCUT2D eigenvalue weighted by Crippen LogP contribution is -2.46. The summed E-state index contributed by atoms with van der Waals surface area (Å²) in [5.41, 5.74) is 1.42. The summed E-state index contributed by atoms with van der Waals surface area (Å²) in [5, 5.41) is 0. The molecule has 1 aromatic rings. The molecule has 1 aromatic carbocycles. The van der Waals surface area contributed by atoms with Gasteiger partial charge in [0.2, 0.25) is 0 Å². The molecule has 0 amide bonds. The Morgan fingerprint density at radius 3 is 2.33 bits per heavy atom. The van der Waals surface area contributed by atoms with Gasteiger partial charge in [0, 0.05) is 45.9 Å². The minimum atomic E-state index is 0.827. The van der Waals surface area contributed by atoms with Gasteiger partial charge in [-0.05, 0) is 12.5 Å². The first-order chi connectivity index (χ1) is 8.88. The van der Waals surface area contributed by atoms with Gasteiger partial charge in [0.1, 0.15) is 0 Å². The first kappa shape index (κ1) is 13.5. The van der Waals surface area contributed by atoms with Crippen LogP contribution >= 0.6 is 0 Å². The van der Waals surface area contributed by atoms with Gasteiger partial charge in [0.25, 0.3) is 0 Å². The van der Waals surface area contributed by atoms with Gasteiger partial charge in [-0.3, -0.25) is 9.80 Å². The van der Waals surface area contributed by atoms with Crippen LogP contribution in [0.3, 0.4) is 0 Å². The smallest absolute Gasteiger partial charge is 0.0593 e. The van der Waals surface area contributed by atoms with E-state index >= 15 is 0 Å². The van der Waals surface area contributed by atoms with Crippen molar-refractivity contribution in [3.63, 3.8) is 0 Å². The fraction of sp³-hybridized carbons (Fsp3) is 0.600. The maximum Gasteiger partial charge on any atom is 0.0593 e. The van der Waals surface area contributed by atoms with E-state index in [1.807, 2.05) is 0 Å². The standard InChI is InChI=1S/C15H24N2O/c1-2-18-13-12-16-8-10-17(11-9-16)14-15-6-4-3-5-7-15/h3-7H,2,8-14H2,1H3. The number of ether oxygens (including phenoxy) is 1. The molecule has 0 radical (unpaired) electrons. The van der Waals surface area contributed by atoms with Crippen LogP contribution in [0.4, 0.5) is 0 Å². The highest BCUT2D eigenvalue weighted by Gasteiger charge is 2.16. The van der Waals surface area contributed by atoms with Crippen LogP contribution in [0.25, 0.3) is 0 Å². The highest BCUT2D eigenvalue weighted by atomic mass is 16.5. The summed E-state index contributed by atoms with van der Waals surface area (Å²) in [6.07, 6.45) is 0. The molecule has 1 heterocycles. The zero-order valence-corrected chi connectivity index (χ0v) is 11.3. The molecule has 2 rings (SSSR count). The molecule has 100 valence electrons. The van der Waals surface area contributed by atoms with Crippen LogP contribution in [-0.2, 0) is 11.3 Å². The predicted octanol–water partition coefficient (Wildman–Crippen LogP) is 1.84. The van der Waals surface area contributed by atoms with Gasteiger partial charge in [0.05, 0.1) is 6.61 Å². The average Bonchev–Trinajstić information content (AvgIpc) is 2.42. The van der Waals surface area contributed by atoms with E-state index in [4.69, 9.17) is 4.74 Å². The molecule has 18 heavy (non-hydrogen) atoms. The van der Waals surface area contributed by atoms with Gasteiger partial charge >= 0.3 is 0 Å². The Morgan fingerprint density at radius 1 is 1.00 bits per heavy atom. The lowest BCUT2D eigenvalue weighted by atomic mass is 10.2. The summed E-state index contributed by atoms with van der Waals surface area (Å²) in [4.78, 5) is 5.03. The normalized spacial score (nSPS) is 18.1. The van der Waals surface area contributed by atoms with E-state index in [1.54, 1.807) is 0 Å². The van der Waals surface area contributed by atoms with Gasteiger partial charge in [-0.15, -0.1) is 0 Å². The van der Waals surface area contributed by atoms with Gasteiger partial charge in [-0.25, -0.2) is 0 Å². The Morgan fingerprint density at radius 2 is 1.67 bits per heavy atom. The summed E-state index contributed by atoms with van der Waals surface area (Å²) in [6, 6.07) is 10.7. The van der Waals surface area contributed by atoms with Gasteiger partial charge in [-0.1, -0.05) is 30.3 Å². The molecular weight excluding hydrogens is 224 g/mol. The third kappa shape index (κ3) is 4.41. The minimum Gasteiger partial charge on any atom is -0.380 e. The molecule has 0 N–H and O–H groups in total. The molecule has 0 unspecified atom stereocenters. The second-order valence-electron chi connectivity index (χ2n) is 4.80. The van der Waals surface area contributed by atoms with Crippen molar-refractivity contribution in [1.29, 1.82) is 0 Å². The molecule has 0 aromatic heterocycles. The highest BCUT2D eigenvalue weighted by Crippen LogP contribution is 2.08. The van der Waals surface area contributed by atoms with Crippen LogP contribution in [0.5, 0.6) is 0 Å². The van der Waals surface area contributed by atoms with E-state index in [0.29, 0.717) is 0 Å². The summed E-state index contributed by atoms with van der Waals surface area (Å²) in [5.74, 6) is 0. The van der Waals surface area contributed by atoms with Crippen molar-refractivity contribution in [2.75, 3.05) is 45.9 Å². The third-order valence-corrected chi connectivity index (χ3v) is 3.47. The molecule has 1 aliphatic heterocycles. The SMILES string of the molecule is CCOCCN1CCN(Cc2ccccc2)CC1. The second-order valence-corrected chi connectivity index (χ2v) is 4.80. The van der Waals surface area contributed by atoms with Crippen molar-refractivity contribution in [1.82, 2.24) is 9.80 Å². The molecule has 1 fully saturated rings. The van der Waals surface area contributed by atoms with E-state index in [0.717, 1.165) is 26.3 Å². The first-order valence-corrected chi connectivity index (χ1v) is 6.95. The third-order valence-electron chi connectivity index (χ3n) is 3.47. The number of rotatable bonds is 6. The number of benzene rings is 1. The van der Waals surface area contributed by atoms with E-state index in [9.17, 15) is 0 Å². The van der Waals surface area contributed by atoms with Crippen molar-refractivity contribution in [2.45, 2.75) is 13.5 Å². The van der Waals surface area contributed by atoms with Crippen molar-refractivity contribution in [3.05, 3.63) is 35.9 Å². The van der Waals surface area contributed by atoms with Crippen LogP contribution in [0, 0.1) is 0 Å².